The summed E-state index contributed by atoms with van der Waals surface area (Å²) in [6.07, 6.45) is 3.70. The number of allylic oxidation sites excluding steroid dienone is 1. The van der Waals surface area contributed by atoms with Crippen LogP contribution < -0.4 is 10.6 Å². The van der Waals surface area contributed by atoms with Gasteiger partial charge in [-0.15, -0.1) is 0 Å². The van der Waals surface area contributed by atoms with E-state index in [1.165, 1.54) is 10.8 Å². The van der Waals surface area contributed by atoms with Gasteiger partial charge in [-0.25, -0.2) is 0 Å². The van der Waals surface area contributed by atoms with E-state index in [-0.39, 0.29) is 0 Å². The van der Waals surface area contributed by atoms with Crippen LogP contribution in [0.25, 0.3) is 11.6 Å². The second-order valence-electron chi connectivity index (χ2n) is 3.00. The molecule has 0 atom stereocenters. The predicted molar refractivity (Wildman–Crippen MR) is 52.0 cm³/mol. The number of hydrogen-bond donors (Lipinski definition) is 1. The van der Waals surface area contributed by atoms with Gasteiger partial charge in [-0.3, -0.25) is 5.10 Å². The Morgan fingerprint density at radius 2 is 2.17 bits per heavy atom. The molecule has 0 amide bonds. The van der Waals surface area contributed by atoms with Crippen LogP contribution in [0.3, 0.4) is 0 Å². The molecule has 0 aliphatic rings. The summed E-state index contributed by atoms with van der Waals surface area (Å²) in [4.78, 5) is 0. The van der Waals surface area contributed by atoms with E-state index in [0.29, 0.717) is 0 Å². The number of nitrogens with one attached hydrogen (secondary N) is 1. The van der Waals surface area contributed by atoms with E-state index >= 15 is 0 Å². The van der Waals surface area contributed by atoms with Gasteiger partial charge < -0.3 is 0 Å². The second-order valence-corrected chi connectivity index (χ2v) is 3.00. The van der Waals surface area contributed by atoms with Crippen molar-refractivity contribution in [2.24, 2.45) is 0 Å². The van der Waals surface area contributed by atoms with E-state index in [9.17, 15) is 0 Å². The van der Waals surface area contributed by atoms with Crippen molar-refractivity contribution in [2.45, 2.75) is 20.8 Å². The molecule has 1 aromatic rings. The maximum Gasteiger partial charge on any atom is 0.0669 e. The van der Waals surface area contributed by atoms with E-state index in [1.807, 2.05) is 13.0 Å². The van der Waals surface area contributed by atoms with Gasteiger partial charge in [-0.2, -0.15) is 5.10 Å². The lowest BCUT2D eigenvalue weighted by molar-refractivity contribution is 1.03. The van der Waals surface area contributed by atoms with E-state index in [0.717, 1.165) is 11.0 Å². The summed E-state index contributed by atoms with van der Waals surface area (Å²) in [5.74, 6) is 0. The van der Waals surface area contributed by atoms with Gasteiger partial charge in [0.15, 0.2) is 0 Å². The first-order valence-corrected chi connectivity index (χ1v) is 3.98. The molecule has 0 bridgehead atoms. The number of nitrogens with zero attached hydrogens (tertiary/aromatic N) is 1. The Labute approximate surface area is 72.3 Å². The van der Waals surface area contributed by atoms with Crippen LogP contribution in [0.4, 0.5) is 0 Å². The third kappa shape index (κ3) is 1.47. The van der Waals surface area contributed by atoms with Crippen molar-refractivity contribution in [1.29, 1.82) is 0 Å². The SMILES string of the molecule is C=C/C=c1/[nH]nc(C)c1=C(C)C. The summed E-state index contributed by atoms with van der Waals surface area (Å²) in [7, 11) is 0. The van der Waals surface area contributed by atoms with Crippen LogP contribution >= 0.6 is 0 Å². The van der Waals surface area contributed by atoms with E-state index in [1.54, 1.807) is 6.08 Å². The zero-order valence-electron chi connectivity index (χ0n) is 7.81. The highest BCUT2D eigenvalue weighted by Gasteiger charge is 1.95. The molecule has 0 unspecified atom stereocenters. The average Bonchev–Trinajstić information content (AvgIpc) is 2.32. The minimum atomic E-state index is 1.04. The van der Waals surface area contributed by atoms with Crippen molar-refractivity contribution in [3.05, 3.63) is 28.9 Å². The molecule has 0 aromatic carbocycles. The van der Waals surface area contributed by atoms with Crippen LogP contribution in [0.5, 0.6) is 0 Å². The van der Waals surface area contributed by atoms with Crippen molar-refractivity contribution in [1.82, 2.24) is 10.2 Å². The standard InChI is InChI=1S/C10H14N2/c1-5-6-9-10(7(2)3)8(4)11-12-9/h5-6,12H,1H2,2-4H3/b9-6+. The first-order chi connectivity index (χ1) is 5.66. The van der Waals surface area contributed by atoms with Gasteiger partial charge >= 0.3 is 0 Å². The third-order valence-electron chi connectivity index (χ3n) is 1.76. The lowest BCUT2D eigenvalue weighted by atomic mass is 10.2. The van der Waals surface area contributed by atoms with Crippen molar-refractivity contribution < 1.29 is 0 Å². The monoisotopic (exact) mass is 162 g/mol. The molecule has 64 valence electrons. The zero-order valence-corrected chi connectivity index (χ0v) is 7.81. The number of aryl methyl sites for hydroxylation is 1. The fourth-order valence-corrected chi connectivity index (χ4v) is 1.32. The summed E-state index contributed by atoms with van der Waals surface area (Å²) in [6.45, 7) is 9.82. The fourth-order valence-electron chi connectivity index (χ4n) is 1.32. The molecular weight excluding hydrogens is 148 g/mol. The van der Waals surface area contributed by atoms with Gasteiger partial charge in [-0.05, 0) is 26.8 Å². The molecular formula is C10H14N2. The first kappa shape index (κ1) is 8.78. The Balaban J connectivity index is 3.65. The molecule has 1 heterocycles. The number of aromatic amines is 1. The topological polar surface area (TPSA) is 28.7 Å². The van der Waals surface area contributed by atoms with Gasteiger partial charge in [0.25, 0.3) is 0 Å². The van der Waals surface area contributed by atoms with Crippen LogP contribution in [0.15, 0.2) is 12.7 Å². The smallest absolute Gasteiger partial charge is 0.0669 e. The van der Waals surface area contributed by atoms with Gasteiger partial charge in [0.1, 0.15) is 0 Å². The minimum Gasteiger partial charge on any atom is -0.278 e. The van der Waals surface area contributed by atoms with Gasteiger partial charge in [0.2, 0.25) is 0 Å². The highest BCUT2D eigenvalue weighted by atomic mass is 15.1. The Bertz CT molecular complexity index is 392. The molecule has 0 radical (unpaired) electrons. The largest absolute Gasteiger partial charge is 0.278 e. The minimum absolute atomic E-state index is 1.04. The second kappa shape index (κ2) is 3.39. The highest BCUT2D eigenvalue weighted by molar-refractivity contribution is 5.43. The van der Waals surface area contributed by atoms with Gasteiger partial charge in [0.05, 0.1) is 11.0 Å². The number of hydrogen-bond acceptors (Lipinski definition) is 1. The molecule has 0 fully saturated rings. The van der Waals surface area contributed by atoms with Crippen LogP contribution in [0.2, 0.25) is 0 Å². The van der Waals surface area contributed by atoms with E-state index in [4.69, 9.17) is 0 Å². The van der Waals surface area contributed by atoms with Crippen molar-refractivity contribution in [3.63, 3.8) is 0 Å². The molecule has 1 rings (SSSR count). The molecule has 0 saturated heterocycles. The first-order valence-electron chi connectivity index (χ1n) is 3.98. The summed E-state index contributed by atoms with van der Waals surface area (Å²) in [6, 6.07) is 0. The molecule has 0 spiro atoms. The molecule has 12 heavy (non-hydrogen) atoms. The highest BCUT2D eigenvalue weighted by Crippen LogP contribution is 1.85. The van der Waals surface area contributed by atoms with E-state index in [2.05, 4.69) is 30.6 Å². The van der Waals surface area contributed by atoms with Gasteiger partial charge in [0, 0.05) is 5.22 Å². The lowest BCUT2D eigenvalue weighted by Crippen LogP contribution is -2.25. The Morgan fingerprint density at radius 3 is 2.67 bits per heavy atom. The molecule has 0 aliphatic heterocycles. The molecule has 1 aromatic heterocycles. The lowest BCUT2D eigenvalue weighted by Gasteiger charge is -1.86. The number of H-pyrrole nitrogens is 1. The number of aromatic nitrogens is 2. The average molecular weight is 162 g/mol. The van der Waals surface area contributed by atoms with E-state index < -0.39 is 0 Å². The summed E-state index contributed by atoms with van der Waals surface area (Å²) in [5, 5.41) is 9.34. The van der Waals surface area contributed by atoms with Crippen molar-refractivity contribution >= 4 is 11.6 Å². The number of rotatable bonds is 1. The summed E-state index contributed by atoms with van der Waals surface area (Å²) in [5.41, 5.74) is 2.32. The maximum atomic E-state index is 4.13. The Morgan fingerprint density at radius 1 is 1.50 bits per heavy atom. The van der Waals surface area contributed by atoms with Crippen LogP contribution in [-0.4, -0.2) is 10.2 Å². The Kier molecular flexibility index (Phi) is 2.48. The molecule has 2 nitrogen and oxygen atoms in total. The van der Waals surface area contributed by atoms with Gasteiger partial charge in [-0.1, -0.05) is 18.2 Å². The maximum absolute atomic E-state index is 4.13. The normalized spacial score (nSPS) is 11.8. The summed E-state index contributed by atoms with van der Waals surface area (Å²) < 4.78 is 0. The fraction of sp³-hybridized carbons (Fsp3) is 0.300. The molecule has 0 saturated carbocycles. The molecule has 0 aliphatic carbocycles. The third-order valence-corrected chi connectivity index (χ3v) is 1.76. The predicted octanol–water partition coefficient (Wildman–Crippen LogP) is 0.875. The Hall–Kier alpha value is -1.31. The van der Waals surface area contributed by atoms with Crippen molar-refractivity contribution in [3.8, 4) is 0 Å². The van der Waals surface area contributed by atoms with Crippen LogP contribution in [0, 0.1) is 6.92 Å². The van der Waals surface area contributed by atoms with Crippen LogP contribution in [-0.2, 0) is 0 Å². The molecule has 1 N–H and O–H groups in total. The quantitative estimate of drug-likeness (QED) is 0.652. The van der Waals surface area contributed by atoms with Crippen molar-refractivity contribution in [2.75, 3.05) is 0 Å². The summed E-state index contributed by atoms with van der Waals surface area (Å²) >= 11 is 0. The zero-order chi connectivity index (χ0) is 9.14. The molecule has 2 heteroatoms. The van der Waals surface area contributed by atoms with Crippen LogP contribution in [0.1, 0.15) is 19.5 Å².